The highest BCUT2D eigenvalue weighted by Crippen LogP contribution is 2.35. The van der Waals surface area contributed by atoms with E-state index in [1.807, 2.05) is 0 Å². The molecule has 2 aromatic rings. The van der Waals surface area contributed by atoms with Crippen molar-refractivity contribution in [3.63, 3.8) is 0 Å². The predicted octanol–water partition coefficient (Wildman–Crippen LogP) is 7.53. The van der Waals surface area contributed by atoms with Crippen LogP contribution in [0.5, 0.6) is 5.88 Å². The molecule has 0 bridgehead atoms. The number of nitrogens with zero attached hydrogens (tertiary/aromatic N) is 2. The van der Waals surface area contributed by atoms with E-state index in [0.29, 0.717) is 29.5 Å². The smallest absolute Gasteiger partial charge is 0.233 e. The fraction of sp³-hybridized carbons (Fsp3) is 0.615. The third-order valence-corrected chi connectivity index (χ3v) is 6.79. The molecule has 1 aliphatic rings. The van der Waals surface area contributed by atoms with Crippen molar-refractivity contribution in [2.24, 2.45) is 11.8 Å². The highest BCUT2D eigenvalue weighted by atomic mass is 19.2. The van der Waals surface area contributed by atoms with Crippen molar-refractivity contribution in [2.45, 2.75) is 84.0 Å². The summed E-state index contributed by atoms with van der Waals surface area (Å²) in [4.78, 5) is 0. The summed E-state index contributed by atoms with van der Waals surface area (Å²) >= 11 is 0. The molecule has 0 atom stereocenters. The van der Waals surface area contributed by atoms with Gasteiger partial charge in [0.05, 0.1) is 12.8 Å². The molecule has 1 fully saturated rings. The Morgan fingerprint density at radius 3 is 2.19 bits per heavy atom. The Balaban J connectivity index is 1.47. The van der Waals surface area contributed by atoms with E-state index in [1.54, 1.807) is 24.3 Å². The second-order valence-electron chi connectivity index (χ2n) is 8.99. The van der Waals surface area contributed by atoms with Crippen molar-refractivity contribution in [2.75, 3.05) is 7.11 Å². The fourth-order valence-electron chi connectivity index (χ4n) is 4.76. The Labute approximate surface area is 185 Å². The van der Waals surface area contributed by atoms with E-state index in [9.17, 15) is 8.78 Å². The zero-order chi connectivity index (χ0) is 22.1. The van der Waals surface area contributed by atoms with Crippen molar-refractivity contribution >= 4 is 0 Å². The average molecular weight is 431 g/mol. The van der Waals surface area contributed by atoms with Crippen LogP contribution < -0.4 is 4.74 Å². The maximum Gasteiger partial charge on any atom is 0.233 e. The molecular weight excluding hydrogens is 394 g/mol. The summed E-state index contributed by atoms with van der Waals surface area (Å²) < 4.78 is 34.3. The largest absolute Gasteiger partial charge is 0.480 e. The van der Waals surface area contributed by atoms with Crippen molar-refractivity contribution in [1.29, 1.82) is 0 Å². The number of aryl methyl sites for hydroxylation is 1. The number of ether oxygens (including phenoxy) is 1. The molecule has 1 heterocycles. The van der Waals surface area contributed by atoms with Gasteiger partial charge in [-0.3, -0.25) is 0 Å². The molecule has 31 heavy (non-hydrogen) atoms. The lowest BCUT2D eigenvalue weighted by Gasteiger charge is -2.28. The lowest BCUT2D eigenvalue weighted by atomic mass is 9.77. The first kappa shape index (κ1) is 23.6. The summed E-state index contributed by atoms with van der Waals surface area (Å²) in [5, 5.41) is 7.77. The summed E-state index contributed by atoms with van der Waals surface area (Å²) in [6.45, 7) is 2.26. The molecule has 170 valence electrons. The van der Waals surface area contributed by atoms with Crippen LogP contribution in [0.25, 0.3) is 11.3 Å². The van der Waals surface area contributed by atoms with Crippen LogP contribution in [0, 0.1) is 23.5 Å². The van der Waals surface area contributed by atoms with Crippen LogP contribution >= 0.6 is 0 Å². The number of methoxy groups -OCH3 is 1. The highest BCUT2D eigenvalue weighted by Gasteiger charge is 2.22. The zero-order valence-corrected chi connectivity index (χ0v) is 19.0. The molecule has 0 spiro atoms. The van der Waals surface area contributed by atoms with Gasteiger partial charge in [0.1, 0.15) is 0 Å². The monoisotopic (exact) mass is 430 g/mol. The molecule has 0 aliphatic heterocycles. The first-order valence-corrected chi connectivity index (χ1v) is 12.0. The number of rotatable bonds is 11. The summed E-state index contributed by atoms with van der Waals surface area (Å²) in [7, 11) is 1.49. The van der Waals surface area contributed by atoms with Crippen LogP contribution in [0.4, 0.5) is 8.78 Å². The van der Waals surface area contributed by atoms with E-state index in [4.69, 9.17) is 4.74 Å². The SMILES string of the molecule is CCCCCCCC1CCC(CCc2ccc(-c3ccc(OC)nn3)c(F)c2F)CC1. The predicted molar refractivity (Wildman–Crippen MR) is 121 cm³/mol. The summed E-state index contributed by atoms with van der Waals surface area (Å²) in [5.41, 5.74) is 0.897. The molecule has 1 aromatic carbocycles. The minimum Gasteiger partial charge on any atom is -0.480 e. The first-order valence-electron chi connectivity index (χ1n) is 12.0. The van der Waals surface area contributed by atoms with Gasteiger partial charge in [-0.2, -0.15) is 0 Å². The molecule has 0 amide bonds. The van der Waals surface area contributed by atoms with E-state index in [0.717, 1.165) is 12.3 Å². The van der Waals surface area contributed by atoms with E-state index in [-0.39, 0.29) is 5.56 Å². The highest BCUT2D eigenvalue weighted by molar-refractivity contribution is 5.60. The molecule has 1 saturated carbocycles. The number of hydrogen-bond acceptors (Lipinski definition) is 3. The van der Waals surface area contributed by atoms with E-state index in [1.165, 1.54) is 71.3 Å². The van der Waals surface area contributed by atoms with Crippen LogP contribution in [0.3, 0.4) is 0 Å². The Hall–Kier alpha value is -2.04. The van der Waals surface area contributed by atoms with Gasteiger partial charge >= 0.3 is 0 Å². The van der Waals surface area contributed by atoms with Gasteiger partial charge in [-0.25, -0.2) is 8.78 Å². The lowest BCUT2D eigenvalue weighted by molar-refractivity contribution is 0.248. The molecule has 5 heteroatoms. The zero-order valence-electron chi connectivity index (χ0n) is 19.0. The number of benzene rings is 1. The number of hydrogen-bond donors (Lipinski definition) is 0. The minimum atomic E-state index is -0.844. The minimum absolute atomic E-state index is 0.135. The van der Waals surface area contributed by atoms with Crippen LogP contribution in [0.1, 0.15) is 83.1 Å². The molecule has 3 nitrogen and oxygen atoms in total. The van der Waals surface area contributed by atoms with Crippen LogP contribution in [0.2, 0.25) is 0 Å². The van der Waals surface area contributed by atoms with Gasteiger partial charge in [0.2, 0.25) is 5.88 Å². The normalized spacial score (nSPS) is 18.8. The van der Waals surface area contributed by atoms with Gasteiger partial charge in [-0.1, -0.05) is 77.2 Å². The molecule has 1 aromatic heterocycles. The first-order chi connectivity index (χ1) is 15.1. The molecular formula is C26H36F2N2O. The second-order valence-corrected chi connectivity index (χ2v) is 8.99. The number of unbranched alkanes of at least 4 members (excludes halogenated alkanes) is 4. The van der Waals surface area contributed by atoms with Gasteiger partial charge in [0.25, 0.3) is 0 Å². The Morgan fingerprint density at radius 2 is 1.55 bits per heavy atom. The standard InChI is InChI=1S/C26H36F2N2O/c1-3-4-5-6-7-8-19-9-11-20(12-10-19)13-14-21-15-16-22(26(28)25(21)27)23-17-18-24(31-2)30-29-23/h15-20H,3-14H2,1-2H3. The molecule has 0 N–H and O–H groups in total. The van der Waals surface area contributed by atoms with E-state index < -0.39 is 11.6 Å². The Morgan fingerprint density at radius 1 is 0.839 bits per heavy atom. The Bertz CT molecular complexity index is 802. The Kier molecular flexibility index (Phi) is 9.23. The summed E-state index contributed by atoms with van der Waals surface area (Å²) in [6, 6.07) is 6.49. The van der Waals surface area contributed by atoms with Crippen molar-refractivity contribution in [3.8, 4) is 17.1 Å². The summed E-state index contributed by atoms with van der Waals surface area (Å²) in [5.74, 6) is 0.245. The third kappa shape index (κ3) is 6.72. The van der Waals surface area contributed by atoms with Crippen LogP contribution in [0.15, 0.2) is 24.3 Å². The van der Waals surface area contributed by atoms with Gasteiger partial charge in [0.15, 0.2) is 11.6 Å². The number of halogens is 2. The maximum atomic E-state index is 14.7. The van der Waals surface area contributed by atoms with Gasteiger partial charge in [-0.05, 0) is 42.4 Å². The summed E-state index contributed by atoms with van der Waals surface area (Å²) in [6.07, 6.45) is 14.7. The van der Waals surface area contributed by atoms with Crippen molar-refractivity contribution in [3.05, 3.63) is 41.5 Å². The molecule has 3 rings (SSSR count). The number of aromatic nitrogens is 2. The maximum absolute atomic E-state index is 14.7. The second kappa shape index (κ2) is 12.1. The molecule has 1 aliphatic carbocycles. The average Bonchev–Trinajstić information content (AvgIpc) is 2.81. The van der Waals surface area contributed by atoms with E-state index >= 15 is 0 Å². The topological polar surface area (TPSA) is 35.0 Å². The van der Waals surface area contributed by atoms with E-state index in [2.05, 4.69) is 17.1 Å². The third-order valence-electron chi connectivity index (χ3n) is 6.79. The molecule has 0 radical (unpaired) electrons. The van der Waals surface area contributed by atoms with Gasteiger partial charge in [0, 0.05) is 11.6 Å². The van der Waals surface area contributed by atoms with Crippen LogP contribution in [-0.4, -0.2) is 17.3 Å². The lowest BCUT2D eigenvalue weighted by Crippen LogP contribution is -2.15. The quantitative estimate of drug-likeness (QED) is 0.346. The van der Waals surface area contributed by atoms with Crippen LogP contribution in [-0.2, 0) is 6.42 Å². The molecule has 0 unspecified atom stereocenters. The fourth-order valence-corrected chi connectivity index (χ4v) is 4.76. The van der Waals surface area contributed by atoms with Crippen molar-refractivity contribution < 1.29 is 13.5 Å². The van der Waals surface area contributed by atoms with Crippen molar-refractivity contribution in [1.82, 2.24) is 10.2 Å². The molecule has 0 saturated heterocycles. The van der Waals surface area contributed by atoms with Gasteiger partial charge in [-0.15, -0.1) is 10.2 Å². The van der Waals surface area contributed by atoms with Gasteiger partial charge < -0.3 is 4.74 Å².